The Kier molecular flexibility index (Phi) is 3.36. The van der Waals surface area contributed by atoms with Gasteiger partial charge in [0.25, 0.3) is 0 Å². The third-order valence-electron chi connectivity index (χ3n) is 1.64. The van der Waals surface area contributed by atoms with E-state index in [0.717, 1.165) is 0 Å². The van der Waals surface area contributed by atoms with Crippen LogP contribution in [0.25, 0.3) is 0 Å². The molecule has 3 nitrogen and oxygen atoms in total. The van der Waals surface area contributed by atoms with Gasteiger partial charge in [-0.1, -0.05) is 5.92 Å². The van der Waals surface area contributed by atoms with Crippen LogP contribution in [0.2, 0.25) is 0 Å². The highest BCUT2D eigenvalue weighted by atomic mass is 16.5. The molecule has 0 radical (unpaired) electrons. The van der Waals surface area contributed by atoms with Crippen molar-refractivity contribution in [1.29, 1.82) is 0 Å². The smallest absolute Gasteiger partial charge is 0.247 e. The first-order chi connectivity index (χ1) is 5.84. The van der Waals surface area contributed by atoms with E-state index in [-0.39, 0.29) is 5.91 Å². The van der Waals surface area contributed by atoms with Crippen molar-refractivity contribution in [2.24, 2.45) is 0 Å². The molecule has 0 saturated carbocycles. The molecule has 0 aromatic carbocycles. The first kappa shape index (κ1) is 8.82. The normalized spacial score (nSPS) is 17.8. The topological polar surface area (TPSA) is 29.5 Å². The molecule has 1 aliphatic heterocycles. The maximum absolute atomic E-state index is 11.2. The van der Waals surface area contributed by atoms with E-state index >= 15 is 0 Å². The zero-order valence-electron chi connectivity index (χ0n) is 6.82. The Morgan fingerprint density at radius 3 is 2.75 bits per heavy atom. The van der Waals surface area contributed by atoms with Crippen LogP contribution < -0.4 is 0 Å². The predicted octanol–water partition coefficient (Wildman–Crippen LogP) is 0.0346. The lowest BCUT2D eigenvalue weighted by atomic mass is 10.4. The Morgan fingerprint density at radius 1 is 1.50 bits per heavy atom. The Labute approximate surface area is 72.0 Å². The van der Waals surface area contributed by atoms with Crippen molar-refractivity contribution in [3.05, 3.63) is 12.2 Å². The SMILES string of the molecule is C#C/C=C/C(=O)N1CCOCC1. The highest BCUT2D eigenvalue weighted by Crippen LogP contribution is 1.97. The van der Waals surface area contributed by atoms with E-state index in [1.165, 1.54) is 12.2 Å². The fourth-order valence-electron chi connectivity index (χ4n) is 1.01. The fraction of sp³-hybridized carbons (Fsp3) is 0.444. The van der Waals surface area contributed by atoms with Crippen LogP contribution in [-0.4, -0.2) is 37.1 Å². The molecule has 1 fully saturated rings. The summed E-state index contributed by atoms with van der Waals surface area (Å²) in [5.41, 5.74) is 0. The molecular formula is C9H11NO2. The van der Waals surface area contributed by atoms with E-state index in [9.17, 15) is 4.79 Å². The number of nitrogens with zero attached hydrogens (tertiary/aromatic N) is 1. The van der Waals surface area contributed by atoms with Crippen LogP contribution in [-0.2, 0) is 9.53 Å². The van der Waals surface area contributed by atoms with Crippen LogP contribution in [0.1, 0.15) is 0 Å². The lowest BCUT2D eigenvalue weighted by molar-refractivity contribution is -0.129. The molecule has 3 heteroatoms. The number of terminal acetylenes is 1. The van der Waals surface area contributed by atoms with Gasteiger partial charge in [-0.25, -0.2) is 0 Å². The van der Waals surface area contributed by atoms with Gasteiger partial charge >= 0.3 is 0 Å². The van der Waals surface area contributed by atoms with Crippen LogP contribution in [0.5, 0.6) is 0 Å². The third-order valence-corrected chi connectivity index (χ3v) is 1.64. The molecule has 0 N–H and O–H groups in total. The molecule has 0 unspecified atom stereocenters. The zero-order valence-corrected chi connectivity index (χ0v) is 6.82. The van der Waals surface area contributed by atoms with Crippen molar-refractivity contribution in [2.45, 2.75) is 0 Å². The van der Waals surface area contributed by atoms with Crippen LogP contribution in [0, 0.1) is 12.3 Å². The number of carbonyl (C=O) groups excluding carboxylic acids is 1. The van der Waals surface area contributed by atoms with Gasteiger partial charge in [0.1, 0.15) is 0 Å². The first-order valence-corrected chi connectivity index (χ1v) is 3.84. The second kappa shape index (κ2) is 4.58. The second-order valence-corrected chi connectivity index (χ2v) is 2.44. The quantitative estimate of drug-likeness (QED) is 0.405. The summed E-state index contributed by atoms with van der Waals surface area (Å²) in [6.45, 7) is 2.56. The van der Waals surface area contributed by atoms with E-state index in [1.54, 1.807) is 4.90 Å². The van der Waals surface area contributed by atoms with Gasteiger partial charge in [0.15, 0.2) is 0 Å². The van der Waals surface area contributed by atoms with Crippen molar-refractivity contribution in [1.82, 2.24) is 4.90 Å². The number of allylic oxidation sites excluding steroid dienone is 1. The van der Waals surface area contributed by atoms with Crippen LogP contribution in [0.15, 0.2) is 12.2 Å². The van der Waals surface area contributed by atoms with E-state index < -0.39 is 0 Å². The van der Waals surface area contributed by atoms with Gasteiger partial charge in [0.05, 0.1) is 13.2 Å². The molecular weight excluding hydrogens is 154 g/mol. The molecule has 1 rings (SSSR count). The second-order valence-electron chi connectivity index (χ2n) is 2.44. The summed E-state index contributed by atoms with van der Waals surface area (Å²) < 4.78 is 5.10. The summed E-state index contributed by atoms with van der Waals surface area (Å²) in [7, 11) is 0. The molecule has 1 amide bonds. The summed E-state index contributed by atoms with van der Waals surface area (Å²) in [5.74, 6) is 2.25. The minimum atomic E-state index is -0.0312. The summed E-state index contributed by atoms with van der Waals surface area (Å²) in [6.07, 6.45) is 7.80. The number of amides is 1. The van der Waals surface area contributed by atoms with Gasteiger partial charge in [-0.2, -0.15) is 0 Å². The molecule has 1 heterocycles. The first-order valence-electron chi connectivity index (χ1n) is 3.84. The van der Waals surface area contributed by atoms with Crippen molar-refractivity contribution in [2.75, 3.05) is 26.3 Å². The van der Waals surface area contributed by atoms with Crippen LogP contribution in [0.3, 0.4) is 0 Å². The molecule has 0 spiro atoms. The number of rotatable bonds is 1. The van der Waals surface area contributed by atoms with Gasteiger partial charge in [-0.3, -0.25) is 4.79 Å². The molecule has 1 saturated heterocycles. The van der Waals surface area contributed by atoms with E-state index in [2.05, 4.69) is 5.92 Å². The largest absolute Gasteiger partial charge is 0.378 e. The number of hydrogen-bond acceptors (Lipinski definition) is 2. The predicted molar refractivity (Wildman–Crippen MR) is 45.4 cm³/mol. The Balaban J connectivity index is 2.41. The maximum Gasteiger partial charge on any atom is 0.247 e. The highest BCUT2D eigenvalue weighted by molar-refractivity contribution is 5.88. The molecule has 0 aromatic heterocycles. The Morgan fingerprint density at radius 2 is 2.17 bits per heavy atom. The summed E-state index contributed by atoms with van der Waals surface area (Å²) in [5, 5.41) is 0. The third kappa shape index (κ3) is 2.40. The monoisotopic (exact) mass is 165 g/mol. The van der Waals surface area contributed by atoms with E-state index in [4.69, 9.17) is 11.2 Å². The lowest BCUT2D eigenvalue weighted by Gasteiger charge is -2.25. The molecule has 0 aliphatic carbocycles. The average molecular weight is 165 g/mol. The summed E-state index contributed by atoms with van der Waals surface area (Å²) in [6, 6.07) is 0. The highest BCUT2D eigenvalue weighted by Gasteiger charge is 2.13. The molecule has 0 aromatic rings. The number of ether oxygens (including phenoxy) is 1. The van der Waals surface area contributed by atoms with Crippen LogP contribution in [0.4, 0.5) is 0 Å². The van der Waals surface area contributed by atoms with Crippen molar-refractivity contribution in [3.8, 4) is 12.3 Å². The summed E-state index contributed by atoms with van der Waals surface area (Å²) in [4.78, 5) is 13.0. The van der Waals surface area contributed by atoms with E-state index in [0.29, 0.717) is 26.3 Å². The molecule has 12 heavy (non-hydrogen) atoms. The maximum atomic E-state index is 11.2. The number of carbonyl (C=O) groups is 1. The summed E-state index contributed by atoms with van der Waals surface area (Å²) >= 11 is 0. The standard InChI is InChI=1S/C9H11NO2/c1-2-3-4-9(11)10-5-7-12-8-6-10/h1,3-4H,5-8H2/b4-3+. The molecule has 0 atom stereocenters. The van der Waals surface area contributed by atoms with Crippen molar-refractivity contribution < 1.29 is 9.53 Å². The fourth-order valence-corrected chi connectivity index (χ4v) is 1.01. The van der Waals surface area contributed by atoms with Gasteiger partial charge in [0, 0.05) is 19.2 Å². The zero-order chi connectivity index (χ0) is 8.81. The van der Waals surface area contributed by atoms with E-state index in [1.807, 2.05) is 0 Å². The minimum absolute atomic E-state index is 0.0312. The van der Waals surface area contributed by atoms with Crippen LogP contribution >= 0.6 is 0 Å². The van der Waals surface area contributed by atoms with Crippen molar-refractivity contribution in [3.63, 3.8) is 0 Å². The molecule has 1 aliphatic rings. The van der Waals surface area contributed by atoms with Gasteiger partial charge < -0.3 is 9.64 Å². The number of morpholine rings is 1. The number of hydrogen-bond donors (Lipinski definition) is 0. The molecule has 64 valence electrons. The van der Waals surface area contributed by atoms with Gasteiger partial charge in [0.2, 0.25) is 5.91 Å². The minimum Gasteiger partial charge on any atom is -0.378 e. The Hall–Kier alpha value is -1.27. The van der Waals surface area contributed by atoms with Crippen molar-refractivity contribution >= 4 is 5.91 Å². The van der Waals surface area contributed by atoms with Gasteiger partial charge in [-0.05, 0) is 6.08 Å². The average Bonchev–Trinajstić information content (AvgIpc) is 2.15. The van der Waals surface area contributed by atoms with Gasteiger partial charge in [-0.15, -0.1) is 6.42 Å². The molecule has 0 bridgehead atoms. The Bertz CT molecular complexity index is 221. The lowest BCUT2D eigenvalue weighted by Crippen LogP contribution is -2.39.